The van der Waals surface area contributed by atoms with Crippen molar-refractivity contribution in [1.29, 1.82) is 0 Å². The first kappa shape index (κ1) is 17.7. The van der Waals surface area contributed by atoms with Gasteiger partial charge in [-0.3, -0.25) is 4.79 Å². The molecule has 0 atom stereocenters. The summed E-state index contributed by atoms with van der Waals surface area (Å²) in [5, 5.41) is 2.54. The molecule has 3 aromatic heterocycles. The minimum atomic E-state index is -0.764. The van der Waals surface area contributed by atoms with Crippen molar-refractivity contribution in [3.63, 3.8) is 0 Å². The monoisotopic (exact) mass is 419 g/mol. The number of hydrogen-bond donors (Lipinski definition) is 2. The van der Waals surface area contributed by atoms with E-state index in [0.717, 1.165) is 10.4 Å². The van der Waals surface area contributed by atoms with Crippen LogP contribution >= 0.6 is 34.5 Å². The number of nitrogens with two attached hydrogens (primary N) is 1. The fourth-order valence-corrected chi connectivity index (χ4v) is 3.88. The first-order valence-electron chi connectivity index (χ1n) is 7.69. The van der Waals surface area contributed by atoms with Crippen LogP contribution in [0.25, 0.3) is 27.6 Å². The lowest BCUT2D eigenvalue weighted by Gasteiger charge is -2.07. The highest BCUT2D eigenvalue weighted by molar-refractivity contribution is 7.13. The summed E-state index contributed by atoms with van der Waals surface area (Å²) in [5.74, 6) is -0.447. The van der Waals surface area contributed by atoms with E-state index in [0.29, 0.717) is 16.5 Å². The zero-order chi connectivity index (χ0) is 19.3. The molecule has 0 radical (unpaired) electrons. The van der Waals surface area contributed by atoms with Gasteiger partial charge in [-0.15, -0.1) is 11.3 Å². The quantitative estimate of drug-likeness (QED) is 0.529. The van der Waals surface area contributed by atoms with Crippen molar-refractivity contribution in [2.75, 3.05) is 0 Å². The van der Waals surface area contributed by atoms with Crippen molar-refractivity contribution in [3.05, 3.63) is 61.4 Å². The maximum atomic E-state index is 12.6. The van der Waals surface area contributed by atoms with Gasteiger partial charge in [0, 0.05) is 0 Å². The number of halogens is 2. The largest absolute Gasteiger partial charge is 0.364 e. The summed E-state index contributed by atoms with van der Waals surface area (Å²) in [5.41, 5.74) is 6.72. The van der Waals surface area contributed by atoms with E-state index in [4.69, 9.17) is 28.9 Å². The summed E-state index contributed by atoms with van der Waals surface area (Å²) in [6, 6.07) is 6.66. The summed E-state index contributed by atoms with van der Waals surface area (Å²) in [4.78, 5) is 36.7. The van der Waals surface area contributed by atoms with E-state index in [9.17, 15) is 9.59 Å². The molecule has 0 aliphatic heterocycles. The lowest BCUT2D eigenvalue weighted by atomic mass is 10.2. The van der Waals surface area contributed by atoms with Crippen LogP contribution in [-0.4, -0.2) is 25.4 Å². The smallest absolute Gasteiger partial charge is 0.332 e. The Labute approximate surface area is 166 Å². The molecule has 10 heteroatoms. The number of hydrogen-bond acceptors (Lipinski definition) is 5. The molecule has 1 amide bonds. The number of H-pyrrole nitrogens is 1. The number of nitrogens with one attached hydrogen (secondary N) is 1. The molecule has 3 N–H and O–H groups in total. The van der Waals surface area contributed by atoms with Crippen molar-refractivity contribution in [2.45, 2.75) is 6.92 Å². The van der Waals surface area contributed by atoms with Crippen LogP contribution in [0.3, 0.4) is 0 Å². The fraction of sp³-hybridized carbons (Fsp3) is 0.0588. The Kier molecular flexibility index (Phi) is 4.26. The second-order valence-electron chi connectivity index (χ2n) is 5.76. The number of aromatic nitrogens is 4. The number of thiophene rings is 1. The number of carbonyl (C=O) groups excluding carboxylic acids is 1. The fourth-order valence-electron chi connectivity index (χ4n) is 2.73. The Morgan fingerprint density at radius 3 is 2.63 bits per heavy atom. The molecule has 0 aliphatic carbocycles. The molecule has 0 bridgehead atoms. The molecule has 0 fully saturated rings. The van der Waals surface area contributed by atoms with Crippen molar-refractivity contribution >= 4 is 51.6 Å². The van der Waals surface area contributed by atoms with Crippen molar-refractivity contribution < 1.29 is 4.79 Å². The standard InChI is InChI=1S/C17H11Cl2N5O2S/c1-7-4-5-27-13(7)15-21-11(14(20)25)12-16(23-15)24(17(26)22-12)8-2-3-9(18)10(19)6-8/h2-6H,1H3,(H2,20,25)(H,22,26). The number of rotatable bonds is 3. The maximum Gasteiger partial charge on any atom is 0.332 e. The van der Waals surface area contributed by atoms with Crippen LogP contribution in [0.2, 0.25) is 10.0 Å². The van der Waals surface area contributed by atoms with Gasteiger partial charge < -0.3 is 10.7 Å². The molecule has 0 spiro atoms. The Morgan fingerprint density at radius 2 is 2.00 bits per heavy atom. The molecule has 3 heterocycles. The molecular formula is C17H11Cl2N5O2S. The van der Waals surface area contributed by atoms with E-state index in [1.807, 2.05) is 18.4 Å². The van der Waals surface area contributed by atoms with E-state index in [1.165, 1.54) is 15.9 Å². The van der Waals surface area contributed by atoms with E-state index >= 15 is 0 Å². The Bertz CT molecular complexity index is 1270. The molecule has 1 aromatic carbocycles. The number of aromatic amines is 1. The number of amides is 1. The Hall–Kier alpha value is -2.68. The van der Waals surface area contributed by atoms with Gasteiger partial charge in [0.2, 0.25) is 0 Å². The molecule has 7 nitrogen and oxygen atoms in total. The van der Waals surface area contributed by atoms with Crippen LogP contribution in [0.5, 0.6) is 0 Å². The van der Waals surface area contributed by atoms with Gasteiger partial charge in [0.05, 0.1) is 20.6 Å². The minimum Gasteiger partial charge on any atom is -0.364 e. The van der Waals surface area contributed by atoms with Gasteiger partial charge in [-0.05, 0) is 42.1 Å². The Morgan fingerprint density at radius 1 is 1.22 bits per heavy atom. The second-order valence-corrected chi connectivity index (χ2v) is 7.49. The van der Waals surface area contributed by atoms with Gasteiger partial charge in [0.25, 0.3) is 5.91 Å². The number of aryl methyl sites for hydroxylation is 1. The van der Waals surface area contributed by atoms with E-state index < -0.39 is 11.6 Å². The first-order chi connectivity index (χ1) is 12.9. The predicted octanol–water partition coefficient (Wildman–Crippen LogP) is 3.55. The number of benzene rings is 1. The van der Waals surface area contributed by atoms with Crippen molar-refractivity contribution in [3.8, 4) is 16.4 Å². The highest BCUT2D eigenvalue weighted by Crippen LogP contribution is 2.29. The van der Waals surface area contributed by atoms with Gasteiger partial charge >= 0.3 is 5.69 Å². The number of nitrogens with zero attached hydrogens (tertiary/aromatic N) is 3. The van der Waals surface area contributed by atoms with Gasteiger partial charge in [-0.1, -0.05) is 23.2 Å². The average molecular weight is 420 g/mol. The number of fused-ring (bicyclic) bond motifs is 1. The molecule has 27 heavy (non-hydrogen) atoms. The molecule has 0 saturated carbocycles. The first-order valence-corrected chi connectivity index (χ1v) is 9.33. The van der Waals surface area contributed by atoms with Crippen LogP contribution < -0.4 is 11.4 Å². The summed E-state index contributed by atoms with van der Waals surface area (Å²) in [6.07, 6.45) is 0. The summed E-state index contributed by atoms with van der Waals surface area (Å²) in [7, 11) is 0. The number of carbonyl (C=O) groups is 1. The number of primary amides is 1. The van der Waals surface area contributed by atoms with Crippen LogP contribution in [0.1, 0.15) is 16.1 Å². The highest BCUT2D eigenvalue weighted by Gasteiger charge is 2.21. The summed E-state index contributed by atoms with van der Waals surface area (Å²) >= 11 is 13.5. The van der Waals surface area contributed by atoms with Crippen LogP contribution in [0.15, 0.2) is 34.4 Å². The predicted molar refractivity (Wildman–Crippen MR) is 106 cm³/mol. The molecule has 0 aliphatic rings. The van der Waals surface area contributed by atoms with Crippen molar-refractivity contribution in [1.82, 2.24) is 19.5 Å². The highest BCUT2D eigenvalue weighted by atomic mass is 35.5. The molecular weight excluding hydrogens is 409 g/mol. The van der Waals surface area contributed by atoms with Gasteiger partial charge in [-0.2, -0.15) is 0 Å². The third-order valence-corrected chi connectivity index (χ3v) is 5.75. The molecule has 0 saturated heterocycles. The number of imidazole rings is 1. The van der Waals surface area contributed by atoms with Crippen LogP contribution in [-0.2, 0) is 0 Å². The second kappa shape index (κ2) is 6.49. The zero-order valence-corrected chi connectivity index (χ0v) is 16.1. The maximum absolute atomic E-state index is 12.6. The van der Waals surface area contributed by atoms with Gasteiger partial charge in [0.15, 0.2) is 17.2 Å². The average Bonchev–Trinajstić information content (AvgIpc) is 3.18. The minimum absolute atomic E-state index is 0.0567. The molecule has 4 rings (SSSR count). The summed E-state index contributed by atoms with van der Waals surface area (Å²) < 4.78 is 1.30. The van der Waals surface area contributed by atoms with Crippen molar-refractivity contribution in [2.24, 2.45) is 5.73 Å². The molecule has 0 unspecified atom stereocenters. The third kappa shape index (κ3) is 2.91. The van der Waals surface area contributed by atoms with E-state index in [1.54, 1.807) is 18.2 Å². The van der Waals surface area contributed by atoms with Gasteiger partial charge in [0.1, 0.15) is 5.52 Å². The Balaban J connectivity index is 2.09. The SMILES string of the molecule is Cc1ccsc1-c1nc(C(N)=O)c2[nH]c(=O)n(-c3ccc(Cl)c(Cl)c3)c2n1. The summed E-state index contributed by atoms with van der Waals surface area (Å²) in [6.45, 7) is 1.91. The van der Waals surface area contributed by atoms with E-state index in [-0.39, 0.29) is 21.9 Å². The normalized spacial score (nSPS) is 11.2. The van der Waals surface area contributed by atoms with Crippen LogP contribution in [0.4, 0.5) is 0 Å². The topological polar surface area (TPSA) is 107 Å². The lowest BCUT2D eigenvalue weighted by molar-refractivity contribution is 0.0997. The van der Waals surface area contributed by atoms with E-state index in [2.05, 4.69) is 15.0 Å². The zero-order valence-electron chi connectivity index (χ0n) is 13.8. The van der Waals surface area contributed by atoms with Gasteiger partial charge in [-0.25, -0.2) is 19.3 Å². The molecule has 136 valence electrons. The lowest BCUT2D eigenvalue weighted by Crippen LogP contribution is -2.15. The molecule has 4 aromatic rings. The third-order valence-electron chi connectivity index (χ3n) is 4.00. The van der Waals surface area contributed by atoms with Crippen LogP contribution in [0, 0.1) is 6.92 Å².